The second-order valence-corrected chi connectivity index (χ2v) is 6.77. The van der Waals surface area contributed by atoms with Crippen LogP contribution in [0.15, 0.2) is 84.0 Å². The fourth-order valence-electron chi connectivity index (χ4n) is 2.70. The summed E-state index contributed by atoms with van der Waals surface area (Å²) in [6, 6.07) is 21.4. The fraction of sp³-hybridized carbons (Fsp3) is 0.0417. The van der Waals surface area contributed by atoms with E-state index in [4.69, 9.17) is 9.84 Å². The molecule has 0 saturated heterocycles. The van der Waals surface area contributed by atoms with Crippen molar-refractivity contribution in [3.63, 3.8) is 0 Å². The highest BCUT2D eigenvalue weighted by Crippen LogP contribution is 2.17. The molecule has 0 radical (unpaired) electrons. The van der Waals surface area contributed by atoms with Crippen LogP contribution in [0, 0.1) is 0 Å². The largest absolute Gasteiger partial charge is 0.482 e. The molecule has 0 spiro atoms. The highest BCUT2D eigenvalue weighted by Gasteiger charge is 2.17. The van der Waals surface area contributed by atoms with Crippen molar-refractivity contribution >= 4 is 41.3 Å². The Morgan fingerprint density at radius 3 is 2.21 bits per heavy atom. The van der Waals surface area contributed by atoms with Gasteiger partial charge in [-0.3, -0.25) is 14.4 Å². The van der Waals surface area contributed by atoms with Crippen LogP contribution in [0.4, 0.5) is 11.4 Å². The lowest BCUT2D eigenvalue weighted by molar-refractivity contribution is -0.139. The molecule has 3 rings (SSSR count). The zero-order chi connectivity index (χ0) is 24.3. The molecular weight excluding hydrogens is 440 g/mol. The van der Waals surface area contributed by atoms with Crippen LogP contribution < -0.4 is 20.8 Å². The maximum absolute atomic E-state index is 12.6. The van der Waals surface area contributed by atoms with Crippen LogP contribution in [0.1, 0.15) is 15.9 Å². The molecule has 0 saturated carbocycles. The van der Waals surface area contributed by atoms with Crippen molar-refractivity contribution in [3.8, 4) is 5.75 Å². The number of aliphatic carboxylic acids is 1. The van der Waals surface area contributed by atoms with Crippen molar-refractivity contribution in [1.29, 1.82) is 0 Å². The number of nitrogens with zero attached hydrogens (tertiary/aromatic N) is 1. The number of carbonyl (C=O) groups excluding carboxylic acids is 3. The first-order chi connectivity index (χ1) is 16.4. The van der Waals surface area contributed by atoms with Gasteiger partial charge in [0.2, 0.25) is 0 Å². The number of carboxylic acids is 1. The van der Waals surface area contributed by atoms with Gasteiger partial charge in [0, 0.05) is 5.69 Å². The summed E-state index contributed by atoms with van der Waals surface area (Å²) in [7, 11) is 0. The van der Waals surface area contributed by atoms with Gasteiger partial charge in [-0.2, -0.15) is 5.10 Å². The summed E-state index contributed by atoms with van der Waals surface area (Å²) in [5.74, 6) is -3.22. The zero-order valence-corrected chi connectivity index (χ0v) is 17.7. The first-order valence-electron chi connectivity index (χ1n) is 9.97. The van der Waals surface area contributed by atoms with Crippen molar-refractivity contribution in [3.05, 3.63) is 90.0 Å². The molecule has 0 aliphatic carbocycles. The van der Waals surface area contributed by atoms with E-state index in [1.807, 2.05) is 6.07 Å². The third-order valence-electron chi connectivity index (χ3n) is 4.28. The molecule has 0 aliphatic rings. The quantitative estimate of drug-likeness (QED) is 0.231. The Hall–Kier alpha value is -4.99. The number of rotatable bonds is 8. The Labute approximate surface area is 194 Å². The summed E-state index contributed by atoms with van der Waals surface area (Å²) in [6.07, 6.45) is 1.30. The normalized spacial score (nSPS) is 10.4. The van der Waals surface area contributed by atoms with Crippen molar-refractivity contribution in [2.45, 2.75) is 0 Å². The number of anilines is 2. The minimum absolute atomic E-state index is 0.164. The molecule has 34 heavy (non-hydrogen) atoms. The summed E-state index contributed by atoms with van der Waals surface area (Å²) in [5.41, 5.74) is 3.61. The Kier molecular flexibility index (Phi) is 8.06. The average Bonchev–Trinajstić information content (AvgIpc) is 2.84. The summed E-state index contributed by atoms with van der Waals surface area (Å²) in [5, 5.41) is 17.4. The second kappa shape index (κ2) is 11.6. The van der Waals surface area contributed by atoms with Crippen LogP contribution >= 0.6 is 0 Å². The molecule has 0 bridgehead atoms. The maximum atomic E-state index is 12.6. The Bertz CT molecular complexity index is 1210. The summed E-state index contributed by atoms with van der Waals surface area (Å²) in [6.45, 7) is -0.463. The number of carbonyl (C=O) groups is 4. The third kappa shape index (κ3) is 7.02. The standard InChI is InChI=1S/C24H20N4O6/c29-21(30)15-34-18-12-10-16(11-13-18)14-25-28-24(33)23(32)27-20-9-5-4-8-19(20)22(31)26-17-6-2-1-3-7-17/h1-14H,15H2,(H,26,31)(H,27,32)(H,28,33)(H,29,30)/b25-14+. The molecule has 3 aromatic rings. The molecule has 10 nitrogen and oxygen atoms in total. The number of hydrogen-bond donors (Lipinski definition) is 4. The van der Waals surface area contributed by atoms with Gasteiger partial charge in [-0.25, -0.2) is 10.2 Å². The van der Waals surface area contributed by atoms with E-state index in [1.165, 1.54) is 30.5 Å². The number of hydrogen-bond acceptors (Lipinski definition) is 6. The predicted octanol–water partition coefficient (Wildman–Crippen LogP) is 2.49. The molecule has 10 heteroatoms. The lowest BCUT2D eigenvalue weighted by Gasteiger charge is -2.11. The maximum Gasteiger partial charge on any atom is 0.341 e. The van der Waals surface area contributed by atoms with E-state index in [-0.39, 0.29) is 11.3 Å². The zero-order valence-electron chi connectivity index (χ0n) is 17.7. The van der Waals surface area contributed by atoms with Crippen LogP contribution in [0.5, 0.6) is 5.75 Å². The molecule has 4 N–H and O–H groups in total. The van der Waals surface area contributed by atoms with Gasteiger partial charge in [0.05, 0.1) is 17.5 Å². The molecule has 3 aromatic carbocycles. The predicted molar refractivity (Wildman–Crippen MR) is 125 cm³/mol. The van der Waals surface area contributed by atoms with Crippen LogP contribution in [-0.2, 0) is 14.4 Å². The van der Waals surface area contributed by atoms with E-state index in [1.54, 1.807) is 48.5 Å². The van der Waals surface area contributed by atoms with Gasteiger partial charge in [-0.15, -0.1) is 0 Å². The number of amides is 3. The summed E-state index contributed by atoms with van der Waals surface area (Å²) in [4.78, 5) is 47.5. The molecule has 0 atom stereocenters. The van der Waals surface area contributed by atoms with Gasteiger partial charge in [-0.1, -0.05) is 30.3 Å². The van der Waals surface area contributed by atoms with Crippen LogP contribution in [0.25, 0.3) is 0 Å². The molecule has 172 valence electrons. The SMILES string of the molecule is O=C(O)COc1ccc(/C=N/NC(=O)C(=O)Nc2ccccc2C(=O)Nc2ccccc2)cc1. The highest BCUT2D eigenvalue weighted by molar-refractivity contribution is 6.40. The van der Waals surface area contributed by atoms with E-state index >= 15 is 0 Å². The van der Waals surface area contributed by atoms with Gasteiger partial charge >= 0.3 is 17.8 Å². The second-order valence-electron chi connectivity index (χ2n) is 6.77. The lowest BCUT2D eigenvalue weighted by atomic mass is 10.1. The fourth-order valence-corrected chi connectivity index (χ4v) is 2.70. The molecule has 0 unspecified atom stereocenters. The van der Waals surface area contributed by atoms with Gasteiger partial charge < -0.3 is 20.5 Å². The number of carboxylic acid groups (broad SMARTS) is 1. The molecule has 0 aliphatic heterocycles. The number of benzene rings is 3. The third-order valence-corrected chi connectivity index (χ3v) is 4.28. The monoisotopic (exact) mass is 460 g/mol. The van der Waals surface area contributed by atoms with E-state index in [2.05, 4.69) is 21.2 Å². The van der Waals surface area contributed by atoms with Crippen molar-refractivity contribution in [2.75, 3.05) is 17.2 Å². The Morgan fingerprint density at radius 1 is 0.824 bits per heavy atom. The van der Waals surface area contributed by atoms with Gasteiger partial charge in [-0.05, 0) is 54.1 Å². The Morgan fingerprint density at radius 2 is 1.50 bits per heavy atom. The first-order valence-corrected chi connectivity index (χ1v) is 9.97. The molecule has 3 amide bonds. The smallest absolute Gasteiger partial charge is 0.341 e. The molecule has 0 fully saturated rings. The van der Waals surface area contributed by atoms with Crippen LogP contribution in [0.2, 0.25) is 0 Å². The number of para-hydroxylation sites is 2. The highest BCUT2D eigenvalue weighted by atomic mass is 16.5. The summed E-state index contributed by atoms with van der Waals surface area (Å²) < 4.78 is 5.02. The van der Waals surface area contributed by atoms with E-state index in [9.17, 15) is 19.2 Å². The number of hydrazone groups is 1. The van der Waals surface area contributed by atoms with Crippen molar-refractivity contribution in [2.24, 2.45) is 5.10 Å². The molecular formula is C24H20N4O6. The van der Waals surface area contributed by atoms with E-state index in [0.29, 0.717) is 17.0 Å². The number of nitrogens with one attached hydrogen (secondary N) is 3. The minimum Gasteiger partial charge on any atom is -0.482 e. The first kappa shape index (κ1) is 23.7. The van der Waals surface area contributed by atoms with Gasteiger partial charge in [0.1, 0.15) is 5.75 Å². The lowest BCUT2D eigenvalue weighted by Crippen LogP contribution is -2.33. The summed E-state index contributed by atoms with van der Waals surface area (Å²) >= 11 is 0. The van der Waals surface area contributed by atoms with Gasteiger partial charge in [0.25, 0.3) is 5.91 Å². The van der Waals surface area contributed by atoms with E-state index in [0.717, 1.165) is 0 Å². The number of ether oxygens (including phenoxy) is 1. The topological polar surface area (TPSA) is 146 Å². The van der Waals surface area contributed by atoms with Crippen LogP contribution in [0.3, 0.4) is 0 Å². The van der Waals surface area contributed by atoms with Crippen molar-refractivity contribution < 1.29 is 29.0 Å². The molecule has 0 heterocycles. The molecule has 0 aromatic heterocycles. The minimum atomic E-state index is -1.09. The average molecular weight is 460 g/mol. The van der Waals surface area contributed by atoms with Gasteiger partial charge in [0.15, 0.2) is 6.61 Å². The Balaban J connectivity index is 1.56. The van der Waals surface area contributed by atoms with Crippen LogP contribution in [-0.4, -0.2) is 41.6 Å². The van der Waals surface area contributed by atoms with E-state index < -0.39 is 30.3 Å². The van der Waals surface area contributed by atoms with Crippen molar-refractivity contribution in [1.82, 2.24) is 5.43 Å².